The van der Waals surface area contributed by atoms with Crippen LogP contribution in [0.1, 0.15) is 0 Å². The Morgan fingerprint density at radius 3 is 1.62 bits per heavy atom. The van der Waals surface area contributed by atoms with Gasteiger partial charge < -0.3 is 0 Å². The van der Waals surface area contributed by atoms with Crippen molar-refractivity contribution < 1.29 is 0 Å². The van der Waals surface area contributed by atoms with E-state index in [0.29, 0.717) is 0 Å². The lowest BCUT2D eigenvalue weighted by molar-refractivity contribution is 1.62. The van der Waals surface area contributed by atoms with Crippen LogP contribution in [0.5, 0.6) is 0 Å². The van der Waals surface area contributed by atoms with Crippen LogP contribution < -0.4 is 0 Å². The third-order valence-electron chi connectivity index (χ3n) is 9.63. The van der Waals surface area contributed by atoms with Crippen molar-refractivity contribution in [2.24, 2.45) is 0 Å². The normalized spacial score (nSPS) is 12.0. The Kier molecular flexibility index (Phi) is 5.25. The van der Waals surface area contributed by atoms with E-state index >= 15 is 0 Å². The summed E-state index contributed by atoms with van der Waals surface area (Å²) in [5.41, 5.74) is 7.57. The zero-order valence-electron chi connectivity index (χ0n) is 24.4. The topological polar surface area (TPSA) is 0 Å². The summed E-state index contributed by atoms with van der Waals surface area (Å²) in [5.74, 6) is 0. The van der Waals surface area contributed by atoms with Gasteiger partial charge in [0.1, 0.15) is 0 Å². The molecule has 208 valence electrons. The first kappa shape index (κ1) is 24.9. The van der Waals surface area contributed by atoms with E-state index in [1.165, 1.54) is 96.6 Å². The SMILES string of the molecule is c1ccc2cc(-c3ccc(-c4ccc5ccc6c(-c7ccc8sc9ccccc9c8c7)ccc7ccc4c5c76)cc3)ccc2c1. The Morgan fingerprint density at radius 1 is 0.289 bits per heavy atom. The van der Waals surface area contributed by atoms with E-state index in [0.717, 1.165) is 0 Å². The molecule has 0 spiro atoms. The van der Waals surface area contributed by atoms with Crippen LogP contribution in [0.2, 0.25) is 0 Å². The second-order valence-corrected chi connectivity index (χ2v) is 13.2. The van der Waals surface area contributed by atoms with Gasteiger partial charge in [-0.05, 0) is 101 Å². The Hall–Kier alpha value is -5.50. The number of thiophene rings is 1. The Bertz CT molecular complexity index is 2740. The largest absolute Gasteiger partial charge is 0.135 e. The zero-order chi connectivity index (χ0) is 29.5. The van der Waals surface area contributed by atoms with Crippen molar-refractivity contribution in [1.29, 1.82) is 0 Å². The molecule has 0 nitrogen and oxygen atoms in total. The van der Waals surface area contributed by atoms with Crippen molar-refractivity contribution in [1.82, 2.24) is 0 Å². The van der Waals surface area contributed by atoms with Crippen LogP contribution in [0.3, 0.4) is 0 Å². The predicted octanol–water partition coefficient (Wildman–Crippen LogP) is 13.1. The van der Waals surface area contributed by atoms with Gasteiger partial charge in [-0.25, -0.2) is 0 Å². The molecule has 0 N–H and O–H groups in total. The summed E-state index contributed by atoms with van der Waals surface area (Å²) in [6.07, 6.45) is 0. The summed E-state index contributed by atoms with van der Waals surface area (Å²) in [5, 5.41) is 13.1. The number of hydrogen-bond donors (Lipinski definition) is 0. The van der Waals surface area contributed by atoms with Gasteiger partial charge in [0.25, 0.3) is 0 Å². The predicted molar refractivity (Wildman–Crippen MR) is 197 cm³/mol. The summed E-state index contributed by atoms with van der Waals surface area (Å²) in [6.45, 7) is 0. The monoisotopic (exact) mass is 586 g/mol. The van der Waals surface area contributed by atoms with Crippen molar-refractivity contribution in [2.75, 3.05) is 0 Å². The summed E-state index contributed by atoms with van der Waals surface area (Å²) in [6, 6.07) is 58.6. The van der Waals surface area contributed by atoms with E-state index in [2.05, 4.69) is 158 Å². The summed E-state index contributed by atoms with van der Waals surface area (Å²) in [4.78, 5) is 0. The van der Waals surface area contributed by atoms with Crippen LogP contribution >= 0.6 is 11.3 Å². The van der Waals surface area contributed by atoms with E-state index in [1.807, 2.05) is 11.3 Å². The number of rotatable bonds is 3. The Balaban J connectivity index is 1.12. The third kappa shape index (κ3) is 3.78. The van der Waals surface area contributed by atoms with Gasteiger partial charge in [0.15, 0.2) is 0 Å². The van der Waals surface area contributed by atoms with Crippen LogP contribution in [0.4, 0.5) is 0 Å². The summed E-state index contributed by atoms with van der Waals surface area (Å²) >= 11 is 1.87. The van der Waals surface area contributed by atoms with Gasteiger partial charge in [-0.3, -0.25) is 0 Å². The molecule has 9 aromatic carbocycles. The number of benzene rings is 9. The summed E-state index contributed by atoms with van der Waals surface area (Å²) < 4.78 is 2.69. The maximum Gasteiger partial charge on any atom is 0.0355 e. The van der Waals surface area contributed by atoms with Crippen molar-refractivity contribution in [3.8, 4) is 33.4 Å². The van der Waals surface area contributed by atoms with Gasteiger partial charge in [-0.2, -0.15) is 0 Å². The number of hydrogen-bond acceptors (Lipinski definition) is 1. The standard InChI is InChI=1S/C44H26S/c1-2-6-32-25-33(14-11-27(32)5-1)28-9-12-29(13-10-28)35-20-15-30-18-23-39-36(21-16-31-17-22-38(35)43(30)44(31)39)34-19-24-42-40(26-34)37-7-3-4-8-41(37)45-42/h1-26H. The minimum atomic E-state index is 1.24. The minimum absolute atomic E-state index is 1.24. The smallest absolute Gasteiger partial charge is 0.0355 e. The first-order valence-electron chi connectivity index (χ1n) is 15.5. The molecule has 0 bridgehead atoms. The lowest BCUT2D eigenvalue weighted by Crippen LogP contribution is -1.89. The average Bonchev–Trinajstić information content (AvgIpc) is 3.48. The Labute approximate surface area is 264 Å². The molecule has 1 aromatic heterocycles. The maximum absolute atomic E-state index is 2.39. The van der Waals surface area contributed by atoms with Gasteiger partial charge in [-0.1, -0.05) is 133 Å². The second kappa shape index (κ2) is 9.50. The van der Waals surface area contributed by atoms with E-state index in [1.54, 1.807) is 0 Å². The highest BCUT2D eigenvalue weighted by Crippen LogP contribution is 2.44. The highest BCUT2D eigenvalue weighted by atomic mass is 32.1. The van der Waals surface area contributed by atoms with Gasteiger partial charge in [0, 0.05) is 20.2 Å². The second-order valence-electron chi connectivity index (χ2n) is 12.1. The third-order valence-corrected chi connectivity index (χ3v) is 10.8. The molecule has 45 heavy (non-hydrogen) atoms. The van der Waals surface area contributed by atoms with E-state index in [4.69, 9.17) is 0 Å². The fraction of sp³-hybridized carbons (Fsp3) is 0. The molecular formula is C44H26S. The molecule has 10 aromatic rings. The quantitative estimate of drug-likeness (QED) is 0.181. The van der Waals surface area contributed by atoms with Crippen LogP contribution in [0.15, 0.2) is 158 Å². The molecule has 0 aliphatic rings. The van der Waals surface area contributed by atoms with Gasteiger partial charge in [-0.15, -0.1) is 11.3 Å². The highest BCUT2D eigenvalue weighted by molar-refractivity contribution is 7.25. The van der Waals surface area contributed by atoms with Crippen LogP contribution in [-0.2, 0) is 0 Å². The van der Waals surface area contributed by atoms with Crippen LogP contribution in [0.25, 0.3) is 96.6 Å². The van der Waals surface area contributed by atoms with Crippen molar-refractivity contribution in [3.05, 3.63) is 158 Å². The van der Waals surface area contributed by atoms with Crippen molar-refractivity contribution in [3.63, 3.8) is 0 Å². The highest BCUT2D eigenvalue weighted by Gasteiger charge is 2.16. The number of fused-ring (bicyclic) bond motifs is 4. The molecule has 0 saturated carbocycles. The fourth-order valence-corrected chi connectivity index (χ4v) is 8.50. The molecule has 0 amide bonds. The molecule has 0 atom stereocenters. The maximum atomic E-state index is 2.39. The van der Waals surface area contributed by atoms with Crippen LogP contribution in [0, 0.1) is 0 Å². The molecule has 10 rings (SSSR count). The first-order chi connectivity index (χ1) is 22.3. The molecule has 0 fully saturated rings. The lowest BCUT2D eigenvalue weighted by Gasteiger charge is -2.17. The van der Waals surface area contributed by atoms with Gasteiger partial charge >= 0.3 is 0 Å². The van der Waals surface area contributed by atoms with Crippen LogP contribution in [-0.4, -0.2) is 0 Å². The molecule has 0 aliphatic heterocycles. The van der Waals surface area contributed by atoms with E-state index in [9.17, 15) is 0 Å². The molecule has 0 saturated heterocycles. The van der Waals surface area contributed by atoms with Gasteiger partial charge in [0.2, 0.25) is 0 Å². The molecule has 1 heteroatoms. The molecule has 0 radical (unpaired) electrons. The molecule has 1 heterocycles. The average molecular weight is 587 g/mol. The zero-order valence-corrected chi connectivity index (χ0v) is 25.2. The van der Waals surface area contributed by atoms with Crippen molar-refractivity contribution >= 4 is 74.6 Å². The van der Waals surface area contributed by atoms with Crippen molar-refractivity contribution in [2.45, 2.75) is 0 Å². The summed E-state index contributed by atoms with van der Waals surface area (Å²) in [7, 11) is 0. The van der Waals surface area contributed by atoms with E-state index < -0.39 is 0 Å². The Morgan fingerprint density at radius 2 is 0.844 bits per heavy atom. The fourth-order valence-electron chi connectivity index (χ4n) is 7.41. The van der Waals surface area contributed by atoms with E-state index in [-0.39, 0.29) is 0 Å². The van der Waals surface area contributed by atoms with Gasteiger partial charge in [0.05, 0.1) is 0 Å². The lowest BCUT2D eigenvalue weighted by atomic mass is 9.87. The molecule has 0 unspecified atom stereocenters. The molecular weight excluding hydrogens is 561 g/mol. The minimum Gasteiger partial charge on any atom is -0.135 e. The molecule has 0 aliphatic carbocycles. The first-order valence-corrected chi connectivity index (χ1v) is 16.3.